The lowest BCUT2D eigenvalue weighted by molar-refractivity contribution is 0.0305. The molecule has 3 heteroatoms. The van der Waals surface area contributed by atoms with Gasteiger partial charge in [-0.15, -0.1) is 0 Å². The lowest BCUT2D eigenvalue weighted by Gasteiger charge is -2.13. The molecule has 0 spiro atoms. The number of aliphatic hydroxyl groups excluding tert-OH is 1. The first-order valence-corrected chi connectivity index (χ1v) is 5.74. The second-order valence-corrected chi connectivity index (χ2v) is 4.41. The van der Waals surface area contributed by atoms with E-state index in [-0.39, 0.29) is 13.0 Å². The molecular formula is C14H19NO2. The molecule has 1 rings (SSSR count). The van der Waals surface area contributed by atoms with Crippen LogP contribution in [-0.2, 0) is 11.3 Å². The third-order valence-corrected chi connectivity index (χ3v) is 2.72. The highest BCUT2D eigenvalue weighted by atomic mass is 16.5. The summed E-state index contributed by atoms with van der Waals surface area (Å²) >= 11 is 0. The lowest BCUT2D eigenvalue weighted by Crippen LogP contribution is -2.14. The van der Waals surface area contributed by atoms with Crippen LogP contribution < -0.4 is 0 Å². The minimum atomic E-state index is -0.689. The molecule has 0 unspecified atom stereocenters. The molecule has 1 aromatic rings. The van der Waals surface area contributed by atoms with Gasteiger partial charge in [-0.25, -0.2) is 0 Å². The number of nitriles is 1. The van der Waals surface area contributed by atoms with Gasteiger partial charge in [0.2, 0.25) is 0 Å². The van der Waals surface area contributed by atoms with Gasteiger partial charge in [-0.2, -0.15) is 5.26 Å². The van der Waals surface area contributed by atoms with E-state index in [1.54, 1.807) is 0 Å². The van der Waals surface area contributed by atoms with Crippen LogP contribution in [-0.4, -0.2) is 17.8 Å². The van der Waals surface area contributed by atoms with Crippen LogP contribution in [0.5, 0.6) is 0 Å². The monoisotopic (exact) mass is 233 g/mol. The van der Waals surface area contributed by atoms with Gasteiger partial charge in [0.15, 0.2) is 0 Å². The Balaban J connectivity index is 2.56. The molecule has 0 saturated carbocycles. The van der Waals surface area contributed by atoms with Gasteiger partial charge in [0.25, 0.3) is 0 Å². The molecule has 0 fully saturated rings. The Morgan fingerprint density at radius 2 is 1.88 bits per heavy atom. The molecule has 17 heavy (non-hydrogen) atoms. The molecule has 92 valence electrons. The van der Waals surface area contributed by atoms with Crippen molar-refractivity contribution in [2.45, 2.75) is 39.9 Å². The van der Waals surface area contributed by atoms with Gasteiger partial charge in [-0.1, -0.05) is 17.7 Å². The highest BCUT2D eigenvalue weighted by molar-refractivity contribution is 5.36. The summed E-state index contributed by atoms with van der Waals surface area (Å²) in [5.41, 5.74) is 4.82. The maximum atomic E-state index is 9.36. The Bertz CT molecular complexity index is 398. The molecule has 0 aliphatic carbocycles. The molecule has 0 amide bonds. The van der Waals surface area contributed by atoms with Crippen molar-refractivity contribution in [3.8, 4) is 6.07 Å². The number of benzene rings is 1. The fraction of sp³-hybridized carbons (Fsp3) is 0.500. The molecule has 0 saturated heterocycles. The van der Waals surface area contributed by atoms with Crippen molar-refractivity contribution in [3.05, 3.63) is 34.4 Å². The van der Waals surface area contributed by atoms with Crippen molar-refractivity contribution in [1.82, 2.24) is 0 Å². The first-order valence-electron chi connectivity index (χ1n) is 5.74. The van der Waals surface area contributed by atoms with E-state index in [1.165, 1.54) is 22.3 Å². The van der Waals surface area contributed by atoms with E-state index in [1.807, 2.05) is 6.07 Å². The van der Waals surface area contributed by atoms with Crippen LogP contribution in [0.4, 0.5) is 0 Å². The predicted octanol–water partition coefficient (Wildman–Crippen LogP) is 2.40. The molecule has 3 nitrogen and oxygen atoms in total. The van der Waals surface area contributed by atoms with E-state index >= 15 is 0 Å². The number of aryl methyl sites for hydroxylation is 3. The van der Waals surface area contributed by atoms with E-state index in [4.69, 9.17) is 10.00 Å². The van der Waals surface area contributed by atoms with Crippen LogP contribution in [0.1, 0.15) is 28.7 Å². The Morgan fingerprint density at radius 1 is 1.29 bits per heavy atom. The largest absolute Gasteiger partial charge is 0.390 e. The first kappa shape index (κ1) is 13.7. The Kier molecular flexibility index (Phi) is 5.14. The standard InChI is InChI=1S/C14H19NO2/c1-10-6-11(2)14(12(3)7-10)9-17-8-13(16)4-5-15/h6-7,13,16H,4,8-9H2,1-3H3/t13-/m0/s1. The van der Waals surface area contributed by atoms with Crippen molar-refractivity contribution in [1.29, 1.82) is 5.26 Å². The van der Waals surface area contributed by atoms with E-state index in [0.717, 1.165) is 0 Å². The quantitative estimate of drug-likeness (QED) is 0.849. The van der Waals surface area contributed by atoms with Gasteiger partial charge in [-0.3, -0.25) is 0 Å². The number of rotatable bonds is 5. The fourth-order valence-corrected chi connectivity index (χ4v) is 1.90. The van der Waals surface area contributed by atoms with E-state index in [9.17, 15) is 5.11 Å². The van der Waals surface area contributed by atoms with Crippen molar-refractivity contribution in [2.75, 3.05) is 6.61 Å². The number of ether oxygens (including phenoxy) is 1. The summed E-state index contributed by atoms with van der Waals surface area (Å²) in [6, 6.07) is 6.16. The second kappa shape index (κ2) is 6.39. The number of nitrogens with zero attached hydrogens (tertiary/aromatic N) is 1. The molecular weight excluding hydrogens is 214 g/mol. The van der Waals surface area contributed by atoms with Gasteiger partial charge in [0.05, 0.1) is 31.8 Å². The summed E-state index contributed by atoms with van der Waals surface area (Å²) in [5.74, 6) is 0. The molecule has 0 bridgehead atoms. The van der Waals surface area contributed by atoms with Crippen LogP contribution in [0.15, 0.2) is 12.1 Å². The van der Waals surface area contributed by atoms with Gasteiger partial charge in [0.1, 0.15) is 0 Å². The SMILES string of the molecule is Cc1cc(C)c(COC[C@@H](O)CC#N)c(C)c1. The minimum absolute atomic E-state index is 0.117. The molecule has 0 aromatic heterocycles. The highest BCUT2D eigenvalue weighted by Crippen LogP contribution is 2.17. The zero-order chi connectivity index (χ0) is 12.8. The molecule has 0 aliphatic rings. The predicted molar refractivity (Wildman–Crippen MR) is 66.5 cm³/mol. The molecule has 0 radical (unpaired) electrons. The second-order valence-electron chi connectivity index (χ2n) is 4.41. The zero-order valence-corrected chi connectivity index (χ0v) is 10.7. The summed E-state index contributed by atoms with van der Waals surface area (Å²) < 4.78 is 5.43. The Hall–Kier alpha value is -1.37. The fourth-order valence-electron chi connectivity index (χ4n) is 1.90. The van der Waals surface area contributed by atoms with Crippen LogP contribution in [0.3, 0.4) is 0 Å². The molecule has 0 heterocycles. The van der Waals surface area contributed by atoms with E-state index in [2.05, 4.69) is 32.9 Å². The minimum Gasteiger partial charge on any atom is -0.390 e. The van der Waals surface area contributed by atoms with Crippen molar-refractivity contribution >= 4 is 0 Å². The average molecular weight is 233 g/mol. The molecule has 1 atom stereocenters. The maximum absolute atomic E-state index is 9.36. The molecule has 1 N–H and O–H groups in total. The zero-order valence-electron chi connectivity index (χ0n) is 10.7. The number of aliphatic hydroxyl groups is 1. The van der Waals surface area contributed by atoms with E-state index in [0.29, 0.717) is 6.61 Å². The van der Waals surface area contributed by atoms with Gasteiger partial charge >= 0.3 is 0 Å². The van der Waals surface area contributed by atoms with Crippen LogP contribution in [0, 0.1) is 32.1 Å². The summed E-state index contributed by atoms with van der Waals surface area (Å²) in [5, 5.41) is 17.8. The Labute approximate surface area is 103 Å². The van der Waals surface area contributed by atoms with Crippen molar-refractivity contribution < 1.29 is 9.84 Å². The normalized spacial score (nSPS) is 12.2. The molecule has 1 aromatic carbocycles. The van der Waals surface area contributed by atoms with Gasteiger partial charge in [0, 0.05) is 0 Å². The van der Waals surface area contributed by atoms with Crippen molar-refractivity contribution in [2.24, 2.45) is 0 Å². The third kappa shape index (κ3) is 4.18. The molecule has 0 aliphatic heterocycles. The van der Waals surface area contributed by atoms with Crippen LogP contribution in [0.25, 0.3) is 0 Å². The Morgan fingerprint density at radius 3 is 2.41 bits per heavy atom. The third-order valence-electron chi connectivity index (χ3n) is 2.72. The highest BCUT2D eigenvalue weighted by Gasteiger charge is 2.07. The summed E-state index contributed by atoms with van der Waals surface area (Å²) in [4.78, 5) is 0. The smallest absolute Gasteiger partial charge is 0.0903 e. The number of hydrogen-bond donors (Lipinski definition) is 1. The summed E-state index contributed by atoms with van der Waals surface area (Å²) in [6.45, 7) is 6.89. The average Bonchev–Trinajstić information content (AvgIpc) is 2.22. The topological polar surface area (TPSA) is 53.2 Å². The number of hydrogen-bond acceptors (Lipinski definition) is 3. The van der Waals surface area contributed by atoms with Crippen LogP contribution >= 0.6 is 0 Å². The van der Waals surface area contributed by atoms with E-state index < -0.39 is 6.10 Å². The van der Waals surface area contributed by atoms with Crippen molar-refractivity contribution in [3.63, 3.8) is 0 Å². The van der Waals surface area contributed by atoms with Crippen LogP contribution in [0.2, 0.25) is 0 Å². The summed E-state index contributed by atoms with van der Waals surface area (Å²) in [6.07, 6.45) is -0.572. The summed E-state index contributed by atoms with van der Waals surface area (Å²) in [7, 11) is 0. The van der Waals surface area contributed by atoms with Gasteiger partial charge < -0.3 is 9.84 Å². The lowest BCUT2D eigenvalue weighted by atomic mass is 10.0. The maximum Gasteiger partial charge on any atom is 0.0903 e. The van der Waals surface area contributed by atoms with Gasteiger partial charge in [-0.05, 0) is 37.5 Å². The first-order chi connectivity index (χ1) is 8.04.